The van der Waals surface area contributed by atoms with Crippen molar-refractivity contribution in [3.63, 3.8) is 0 Å². The first-order chi connectivity index (χ1) is 14.6. The number of amides is 4. The predicted molar refractivity (Wildman–Crippen MR) is 109 cm³/mol. The van der Waals surface area contributed by atoms with Gasteiger partial charge in [0.15, 0.2) is 0 Å². The Kier molecular flexibility index (Phi) is 6.99. The van der Waals surface area contributed by atoms with Crippen molar-refractivity contribution in [1.29, 1.82) is 0 Å². The Morgan fingerprint density at radius 3 is 2.06 bits per heavy atom. The van der Waals surface area contributed by atoms with Gasteiger partial charge in [-0.1, -0.05) is 0 Å². The molecule has 3 saturated heterocycles. The second-order valence-corrected chi connectivity index (χ2v) is 8.86. The highest BCUT2D eigenvalue weighted by Gasteiger charge is 2.51. The van der Waals surface area contributed by atoms with Crippen molar-refractivity contribution in [2.75, 3.05) is 19.6 Å². The van der Waals surface area contributed by atoms with Gasteiger partial charge in [-0.3, -0.25) is 24.1 Å². The number of β-lactam (4-membered cyclic amide) rings is 1. The summed E-state index contributed by atoms with van der Waals surface area (Å²) >= 11 is 0. The first kappa shape index (κ1) is 23.6. The molecule has 4 amide bonds. The molecule has 31 heavy (non-hydrogen) atoms. The maximum atomic E-state index is 13.3. The molecule has 3 fully saturated rings. The molecule has 0 aromatic carbocycles. The monoisotopic (exact) mass is 439 g/mol. The summed E-state index contributed by atoms with van der Waals surface area (Å²) in [6, 6.07) is -3.25. The number of carbonyl (C=O) groups is 4. The largest absolute Gasteiger partial charge is 0.391 e. The minimum absolute atomic E-state index is 0.159. The second-order valence-electron chi connectivity index (χ2n) is 8.86. The lowest BCUT2D eigenvalue weighted by molar-refractivity contribution is -0.164. The third-order valence-corrected chi connectivity index (χ3v) is 6.71. The van der Waals surface area contributed by atoms with Crippen molar-refractivity contribution in [3.05, 3.63) is 0 Å². The maximum Gasteiger partial charge on any atom is 0.248 e. The lowest BCUT2D eigenvalue weighted by Gasteiger charge is -2.44. The van der Waals surface area contributed by atoms with Crippen LogP contribution in [0.3, 0.4) is 0 Å². The van der Waals surface area contributed by atoms with Gasteiger partial charge in [0, 0.05) is 25.7 Å². The van der Waals surface area contributed by atoms with Crippen LogP contribution in [0, 0.1) is 5.92 Å². The van der Waals surface area contributed by atoms with Crippen LogP contribution in [0.4, 0.5) is 0 Å². The molecule has 0 aliphatic carbocycles. The molecule has 7 atom stereocenters. The molecule has 0 saturated carbocycles. The molecule has 0 aromatic rings. The lowest BCUT2D eigenvalue weighted by Crippen LogP contribution is -2.66. The van der Waals surface area contributed by atoms with Crippen LogP contribution in [-0.2, 0) is 19.2 Å². The number of hydrogen-bond donors (Lipinski definition) is 4. The van der Waals surface area contributed by atoms with E-state index in [1.807, 2.05) is 0 Å². The summed E-state index contributed by atoms with van der Waals surface area (Å²) in [4.78, 5) is 55.0. The number of aliphatic hydroxyl groups excluding tert-OH is 2. The van der Waals surface area contributed by atoms with Gasteiger partial charge >= 0.3 is 0 Å². The molecule has 0 bridgehead atoms. The van der Waals surface area contributed by atoms with E-state index in [0.717, 1.165) is 11.3 Å². The van der Waals surface area contributed by atoms with E-state index in [0.29, 0.717) is 32.4 Å². The summed E-state index contributed by atoms with van der Waals surface area (Å²) in [5.41, 5.74) is 11.4. The zero-order valence-electron chi connectivity index (χ0n) is 18.0. The molecule has 0 spiro atoms. The maximum absolute atomic E-state index is 13.3. The van der Waals surface area contributed by atoms with E-state index in [9.17, 15) is 29.4 Å². The van der Waals surface area contributed by atoms with Gasteiger partial charge in [0.05, 0.1) is 18.1 Å². The number of nitrogens with zero attached hydrogens (tertiary/aromatic N) is 3. The van der Waals surface area contributed by atoms with E-state index in [1.54, 1.807) is 4.90 Å². The fourth-order valence-corrected chi connectivity index (χ4v) is 4.68. The first-order valence-corrected chi connectivity index (χ1v) is 10.9. The van der Waals surface area contributed by atoms with Crippen LogP contribution in [0.1, 0.15) is 39.5 Å². The molecule has 7 unspecified atom stereocenters. The third kappa shape index (κ3) is 4.32. The summed E-state index contributed by atoms with van der Waals surface area (Å²) < 4.78 is 0. The Morgan fingerprint density at radius 1 is 0.935 bits per heavy atom. The summed E-state index contributed by atoms with van der Waals surface area (Å²) in [5, 5.41) is 19.2. The highest BCUT2D eigenvalue weighted by molar-refractivity contribution is 6.03. The van der Waals surface area contributed by atoms with Crippen LogP contribution in [0.2, 0.25) is 0 Å². The zero-order valence-corrected chi connectivity index (χ0v) is 18.0. The van der Waals surface area contributed by atoms with Crippen molar-refractivity contribution < 1.29 is 29.4 Å². The molecular formula is C20H33N5O6. The Bertz CT molecular complexity index is 744. The van der Waals surface area contributed by atoms with Crippen molar-refractivity contribution >= 4 is 23.6 Å². The summed E-state index contributed by atoms with van der Waals surface area (Å²) in [5.74, 6) is -2.18. The first-order valence-electron chi connectivity index (χ1n) is 10.9. The standard InChI is InChI=1S/C20H33N5O6/c1-10(26)15(21)19(30)24-8-4-6-14(24)18(29)23-7-3-5-13(23)12-9-25(17(12)28)20(31)16(22)11(2)27/h10-16,26-27H,3-9,21-22H2,1-2H3. The summed E-state index contributed by atoms with van der Waals surface area (Å²) in [7, 11) is 0. The van der Waals surface area contributed by atoms with Crippen molar-refractivity contribution in [2.24, 2.45) is 17.4 Å². The second kappa shape index (κ2) is 9.19. The molecule has 3 aliphatic rings. The minimum Gasteiger partial charge on any atom is -0.391 e. The highest BCUT2D eigenvalue weighted by Crippen LogP contribution is 2.34. The van der Waals surface area contributed by atoms with Crippen LogP contribution in [0.15, 0.2) is 0 Å². The average Bonchev–Trinajstić information content (AvgIpc) is 3.40. The lowest BCUT2D eigenvalue weighted by atomic mass is 9.87. The van der Waals surface area contributed by atoms with Gasteiger partial charge in [-0.05, 0) is 39.5 Å². The molecule has 6 N–H and O–H groups in total. The van der Waals surface area contributed by atoms with E-state index in [1.165, 1.54) is 18.7 Å². The molecule has 3 rings (SSSR count). The number of imide groups is 1. The van der Waals surface area contributed by atoms with Crippen LogP contribution in [-0.4, -0.2) is 105 Å². The van der Waals surface area contributed by atoms with E-state index in [-0.39, 0.29) is 24.4 Å². The average molecular weight is 440 g/mol. The van der Waals surface area contributed by atoms with Gasteiger partial charge in [-0.15, -0.1) is 0 Å². The SMILES string of the molecule is CC(O)C(N)C(=O)N1CC(C2CCCN2C(=O)C2CCCN2C(=O)C(N)C(C)O)C1=O. The fourth-order valence-electron chi connectivity index (χ4n) is 4.68. The number of likely N-dealkylation sites (tertiary alicyclic amines) is 3. The summed E-state index contributed by atoms with van der Waals surface area (Å²) in [6.45, 7) is 3.86. The van der Waals surface area contributed by atoms with E-state index < -0.39 is 48.1 Å². The van der Waals surface area contributed by atoms with Crippen molar-refractivity contribution in [2.45, 2.75) is 75.9 Å². The molecule has 3 aliphatic heterocycles. The predicted octanol–water partition coefficient (Wildman–Crippen LogP) is -2.63. The Balaban J connectivity index is 1.67. The fraction of sp³-hybridized carbons (Fsp3) is 0.800. The Morgan fingerprint density at radius 2 is 1.48 bits per heavy atom. The number of rotatable bonds is 6. The number of hydrogen-bond acceptors (Lipinski definition) is 8. The van der Waals surface area contributed by atoms with Crippen LogP contribution in [0.5, 0.6) is 0 Å². The number of carbonyl (C=O) groups excluding carboxylic acids is 4. The summed E-state index contributed by atoms with van der Waals surface area (Å²) in [6.07, 6.45) is 0.452. The molecule has 0 aromatic heterocycles. The molecule has 174 valence electrons. The van der Waals surface area contributed by atoms with Crippen LogP contribution < -0.4 is 11.5 Å². The van der Waals surface area contributed by atoms with Gasteiger partial charge in [-0.2, -0.15) is 0 Å². The molecule has 11 nitrogen and oxygen atoms in total. The van der Waals surface area contributed by atoms with Crippen LogP contribution >= 0.6 is 0 Å². The molecule has 3 heterocycles. The smallest absolute Gasteiger partial charge is 0.248 e. The number of nitrogens with two attached hydrogens (primary N) is 2. The van der Waals surface area contributed by atoms with Crippen LogP contribution in [0.25, 0.3) is 0 Å². The Hall–Kier alpha value is -2.08. The topological polar surface area (TPSA) is 170 Å². The van der Waals surface area contributed by atoms with Crippen molar-refractivity contribution in [3.8, 4) is 0 Å². The van der Waals surface area contributed by atoms with E-state index in [2.05, 4.69) is 0 Å². The molecule has 0 radical (unpaired) electrons. The Labute approximate surface area is 181 Å². The van der Waals surface area contributed by atoms with Gasteiger partial charge in [0.1, 0.15) is 18.1 Å². The minimum atomic E-state index is -1.16. The van der Waals surface area contributed by atoms with E-state index >= 15 is 0 Å². The van der Waals surface area contributed by atoms with Gasteiger partial charge in [0.25, 0.3) is 0 Å². The number of aliphatic hydroxyl groups is 2. The van der Waals surface area contributed by atoms with Crippen molar-refractivity contribution in [1.82, 2.24) is 14.7 Å². The van der Waals surface area contributed by atoms with Gasteiger partial charge in [0.2, 0.25) is 23.6 Å². The van der Waals surface area contributed by atoms with Gasteiger partial charge in [-0.25, -0.2) is 0 Å². The highest BCUT2D eigenvalue weighted by atomic mass is 16.3. The third-order valence-electron chi connectivity index (χ3n) is 6.71. The molecule has 11 heteroatoms. The normalized spacial score (nSPS) is 30.1. The van der Waals surface area contributed by atoms with E-state index in [4.69, 9.17) is 11.5 Å². The zero-order chi connectivity index (χ0) is 23.0. The quantitative estimate of drug-likeness (QED) is 0.326. The van der Waals surface area contributed by atoms with Gasteiger partial charge < -0.3 is 31.5 Å². The molecular weight excluding hydrogens is 406 g/mol.